The number of nitrogens with zero attached hydrogens (tertiary/aromatic N) is 1. The first-order valence-corrected chi connectivity index (χ1v) is 3.70. The van der Waals surface area contributed by atoms with Crippen LogP contribution in [0.2, 0.25) is 0 Å². The molecule has 0 bridgehead atoms. The standard InChI is InChI=1S/C7H15N3O/c1-3-4-9-7(11)5-10-6(2)8/h3-5H2,1-2H3,(H2,8,10)(H,9,11). The molecule has 0 saturated heterocycles. The molecule has 0 saturated carbocycles. The first kappa shape index (κ1) is 9.94. The lowest BCUT2D eigenvalue weighted by Crippen LogP contribution is -2.27. The molecule has 11 heavy (non-hydrogen) atoms. The largest absolute Gasteiger partial charge is 0.388 e. The minimum absolute atomic E-state index is 0.0725. The monoisotopic (exact) mass is 157 g/mol. The quantitative estimate of drug-likeness (QED) is 0.441. The van der Waals surface area contributed by atoms with E-state index in [9.17, 15) is 4.79 Å². The van der Waals surface area contributed by atoms with Crippen molar-refractivity contribution >= 4 is 11.7 Å². The number of carbonyl (C=O) groups excluding carboxylic acids is 1. The number of amidine groups is 1. The van der Waals surface area contributed by atoms with E-state index in [4.69, 9.17) is 5.73 Å². The van der Waals surface area contributed by atoms with E-state index in [0.29, 0.717) is 12.4 Å². The molecule has 0 aromatic carbocycles. The van der Waals surface area contributed by atoms with E-state index < -0.39 is 0 Å². The fraction of sp³-hybridized carbons (Fsp3) is 0.714. The maximum atomic E-state index is 10.8. The molecule has 4 nitrogen and oxygen atoms in total. The SMILES string of the molecule is CCCNC(=O)CN=C(C)N. The van der Waals surface area contributed by atoms with Gasteiger partial charge in [0, 0.05) is 6.54 Å². The lowest BCUT2D eigenvalue weighted by molar-refractivity contribution is -0.119. The van der Waals surface area contributed by atoms with E-state index in [1.165, 1.54) is 0 Å². The Labute approximate surface area is 66.9 Å². The highest BCUT2D eigenvalue weighted by Crippen LogP contribution is 1.74. The normalized spacial score (nSPS) is 11.3. The fourth-order valence-corrected chi connectivity index (χ4v) is 0.517. The molecule has 0 aromatic heterocycles. The Morgan fingerprint density at radius 3 is 2.73 bits per heavy atom. The number of aliphatic imine (C=N–C) groups is 1. The van der Waals surface area contributed by atoms with Crippen LogP contribution in [0.15, 0.2) is 4.99 Å². The number of nitrogens with one attached hydrogen (secondary N) is 1. The van der Waals surface area contributed by atoms with Crippen molar-refractivity contribution in [1.29, 1.82) is 0 Å². The van der Waals surface area contributed by atoms with Gasteiger partial charge in [-0.25, -0.2) is 0 Å². The summed E-state index contributed by atoms with van der Waals surface area (Å²) in [5.74, 6) is 0.369. The molecule has 64 valence electrons. The summed E-state index contributed by atoms with van der Waals surface area (Å²) >= 11 is 0. The van der Waals surface area contributed by atoms with Crippen molar-refractivity contribution in [3.8, 4) is 0 Å². The van der Waals surface area contributed by atoms with E-state index in [1.54, 1.807) is 6.92 Å². The van der Waals surface area contributed by atoms with Crippen molar-refractivity contribution in [3.63, 3.8) is 0 Å². The Balaban J connectivity index is 3.45. The Morgan fingerprint density at radius 2 is 2.27 bits per heavy atom. The molecule has 4 heteroatoms. The predicted molar refractivity (Wildman–Crippen MR) is 45.5 cm³/mol. The zero-order valence-electron chi connectivity index (χ0n) is 7.05. The molecule has 1 amide bonds. The van der Waals surface area contributed by atoms with E-state index in [0.717, 1.165) is 6.42 Å². The summed E-state index contributed by atoms with van der Waals surface area (Å²) in [7, 11) is 0. The summed E-state index contributed by atoms with van der Waals surface area (Å²) in [5, 5.41) is 2.69. The second-order valence-corrected chi connectivity index (χ2v) is 2.31. The lowest BCUT2D eigenvalue weighted by Gasteiger charge is -1.99. The van der Waals surface area contributed by atoms with Crippen molar-refractivity contribution in [2.24, 2.45) is 10.7 Å². The molecule has 0 aliphatic heterocycles. The van der Waals surface area contributed by atoms with Gasteiger partial charge in [0.05, 0.1) is 5.84 Å². The van der Waals surface area contributed by atoms with Crippen LogP contribution in [0, 0.1) is 0 Å². The van der Waals surface area contributed by atoms with Crippen molar-refractivity contribution in [2.45, 2.75) is 20.3 Å². The third kappa shape index (κ3) is 6.83. The number of hydrogen-bond donors (Lipinski definition) is 2. The minimum Gasteiger partial charge on any atom is -0.388 e. The predicted octanol–water partition coefficient (Wildman–Crippen LogP) is -0.110. The fourth-order valence-electron chi connectivity index (χ4n) is 0.517. The summed E-state index contributed by atoms with van der Waals surface area (Å²) in [6, 6.07) is 0. The van der Waals surface area contributed by atoms with Crippen LogP contribution in [0.5, 0.6) is 0 Å². The van der Waals surface area contributed by atoms with Crippen LogP contribution in [0.1, 0.15) is 20.3 Å². The summed E-state index contributed by atoms with van der Waals surface area (Å²) < 4.78 is 0. The van der Waals surface area contributed by atoms with Crippen LogP contribution >= 0.6 is 0 Å². The van der Waals surface area contributed by atoms with Gasteiger partial charge in [0.25, 0.3) is 0 Å². The van der Waals surface area contributed by atoms with Crippen LogP contribution in [0.25, 0.3) is 0 Å². The highest BCUT2D eigenvalue weighted by atomic mass is 16.1. The molecule has 0 rings (SSSR count). The topological polar surface area (TPSA) is 67.5 Å². The van der Waals surface area contributed by atoms with Crippen LogP contribution in [-0.4, -0.2) is 24.8 Å². The molecule has 0 aliphatic rings. The molecular weight excluding hydrogens is 142 g/mol. The number of amides is 1. The van der Waals surface area contributed by atoms with Gasteiger partial charge < -0.3 is 11.1 Å². The number of nitrogens with two attached hydrogens (primary N) is 1. The Kier molecular flexibility index (Phi) is 5.15. The maximum Gasteiger partial charge on any atom is 0.241 e. The molecule has 0 unspecified atom stereocenters. The lowest BCUT2D eigenvalue weighted by atomic mass is 10.4. The van der Waals surface area contributed by atoms with Gasteiger partial charge in [-0.2, -0.15) is 0 Å². The Bertz CT molecular complexity index is 150. The first-order chi connectivity index (χ1) is 5.16. The molecule has 0 aliphatic carbocycles. The van der Waals surface area contributed by atoms with Crippen LogP contribution in [0.3, 0.4) is 0 Å². The molecule has 0 radical (unpaired) electrons. The van der Waals surface area contributed by atoms with E-state index in [2.05, 4.69) is 10.3 Å². The summed E-state index contributed by atoms with van der Waals surface area (Å²) in [5.41, 5.74) is 5.24. The van der Waals surface area contributed by atoms with Gasteiger partial charge in [0.1, 0.15) is 6.54 Å². The molecule has 0 aromatic rings. The number of rotatable bonds is 4. The van der Waals surface area contributed by atoms with Gasteiger partial charge in [-0.1, -0.05) is 6.92 Å². The average Bonchev–Trinajstić information content (AvgIpc) is 1.97. The summed E-state index contributed by atoms with van der Waals surface area (Å²) in [6.45, 7) is 4.51. The van der Waals surface area contributed by atoms with Crippen molar-refractivity contribution in [1.82, 2.24) is 5.32 Å². The third-order valence-electron chi connectivity index (χ3n) is 1.04. The molecular formula is C7H15N3O. The molecule has 0 spiro atoms. The molecule has 0 atom stereocenters. The van der Waals surface area contributed by atoms with Gasteiger partial charge in [-0.15, -0.1) is 0 Å². The molecule has 0 heterocycles. The van der Waals surface area contributed by atoms with E-state index in [-0.39, 0.29) is 12.5 Å². The second kappa shape index (κ2) is 5.70. The Hall–Kier alpha value is -1.06. The smallest absolute Gasteiger partial charge is 0.241 e. The highest BCUT2D eigenvalue weighted by Gasteiger charge is 1.95. The third-order valence-corrected chi connectivity index (χ3v) is 1.04. The van der Waals surface area contributed by atoms with E-state index in [1.807, 2.05) is 6.92 Å². The molecule has 3 N–H and O–H groups in total. The zero-order valence-corrected chi connectivity index (χ0v) is 7.05. The minimum atomic E-state index is -0.0725. The van der Waals surface area contributed by atoms with Gasteiger partial charge >= 0.3 is 0 Å². The van der Waals surface area contributed by atoms with Crippen LogP contribution in [-0.2, 0) is 4.79 Å². The zero-order chi connectivity index (χ0) is 8.69. The van der Waals surface area contributed by atoms with Crippen LogP contribution in [0.4, 0.5) is 0 Å². The number of hydrogen-bond acceptors (Lipinski definition) is 2. The van der Waals surface area contributed by atoms with E-state index >= 15 is 0 Å². The second-order valence-electron chi connectivity index (χ2n) is 2.31. The number of carbonyl (C=O) groups is 1. The average molecular weight is 157 g/mol. The first-order valence-electron chi connectivity index (χ1n) is 3.70. The van der Waals surface area contributed by atoms with Crippen molar-refractivity contribution in [3.05, 3.63) is 0 Å². The van der Waals surface area contributed by atoms with Crippen LogP contribution < -0.4 is 11.1 Å². The Morgan fingerprint density at radius 1 is 1.64 bits per heavy atom. The summed E-state index contributed by atoms with van der Waals surface area (Å²) in [6.07, 6.45) is 0.942. The summed E-state index contributed by atoms with van der Waals surface area (Å²) in [4.78, 5) is 14.6. The van der Waals surface area contributed by atoms with Gasteiger partial charge in [0.15, 0.2) is 0 Å². The van der Waals surface area contributed by atoms with Crippen molar-refractivity contribution < 1.29 is 4.79 Å². The van der Waals surface area contributed by atoms with Crippen molar-refractivity contribution in [2.75, 3.05) is 13.1 Å². The maximum absolute atomic E-state index is 10.8. The van der Waals surface area contributed by atoms with Gasteiger partial charge in [-0.3, -0.25) is 9.79 Å². The molecule has 0 fully saturated rings. The van der Waals surface area contributed by atoms with Gasteiger partial charge in [-0.05, 0) is 13.3 Å². The highest BCUT2D eigenvalue weighted by molar-refractivity contribution is 5.83. The van der Waals surface area contributed by atoms with Gasteiger partial charge in [0.2, 0.25) is 5.91 Å².